The van der Waals surface area contributed by atoms with Gasteiger partial charge in [-0.3, -0.25) is 9.48 Å². The van der Waals surface area contributed by atoms with Crippen LogP contribution >= 0.6 is 0 Å². The van der Waals surface area contributed by atoms with Gasteiger partial charge < -0.3 is 10.4 Å². The molecule has 1 aromatic rings. The van der Waals surface area contributed by atoms with Crippen LogP contribution in [0.3, 0.4) is 0 Å². The summed E-state index contributed by atoms with van der Waals surface area (Å²) in [5.41, 5.74) is 1.10. The van der Waals surface area contributed by atoms with Gasteiger partial charge in [0.2, 0.25) is 5.91 Å². The first kappa shape index (κ1) is 13.0. The van der Waals surface area contributed by atoms with Crippen LogP contribution in [0.25, 0.3) is 0 Å². The highest BCUT2D eigenvalue weighted by molar-refractivity contribution is 6.01. The van der Waals surface area contributed by atoms with E-state index in [0.717, 1.165) is 5.69 Å². The fraction of sp³-hybridized carbons (Fsp3) is 0.364. The van der Waals surface area contributed by atoms with E-state index in [1.165, 1.54) is 13.8 Å². The standard InChI is InChI=1S/C11H15N3O3/c1-7(8(2)11(16)17)10(15)12-6-9-4-5-13-14(9)3/h4-5H,6H2,1-3H3,(H,12,15)(H,16,17)/b8-7-. The summed E-state index contributed by atoms with van der Waals surface area (Å²) in [5.74, 6) is -1.47. The Morgan fingerprint density at radius 2 is 2.06 bits per heavy atom. The van der Waals surface area contributed by atoms with Crippen LogP contribution < -0.4 is 5.32 Å². The maximum atomic E-state index is 11.6. The van der Waals surface area contributed by atoms with Crippen molar-refractivity contribution in [1.82, 2.24) is 15.1 Å². The van der Waals surface area contributed by atoms with E-state index in [1.807, 2.05) is 0 Å². The predicted molar refractivity (Wildman–Crippen MR) is 61.1 cm³/mol. The summed E-state index contributed by atoms with van der Waals surface area (Å²) in [6, 6.07) is 1.78. The third-order valence-corrected chi connectivity index (χ3v) is 2.58. The smallest absolute Gasteiger partial charge is 0.331 e. The van der Waals surface area contributed by atoms with E-state index in [2.05, 4.69) is 10.4 Å². The number of carboxylic acids is 1. The molecule has 1 rings (SSSR count). The largest absolute Gasteiger partial charge is 0.478 e. The minimum absolute atomic E-state index is 0.0486. The number of hydrogen-bond donors (Lipinski definition) is 2. The van der Waals surface area contributed by atoms with Gasteiger partial charge in [0.1, 0.15) is 0 Å². The van der Waals surface area contributed by atoms with E-state index >= 15 is 0 Å². The minimum Gasteiger partial charge on any atom is -0.478 e. The van der Waals surface area contributed by atoms with Gasteiger partial charge in [-0.2, -0.15) is 5.10 Å². The van der Waals surface area contributed by atoms with Gasteiger partial charge in [0.05, 0.1) is 12.2 Å². The number of carbonyl (C=O) groups excluding carboxylic acids is 1. The Morgan fingerprint density at radius 1 is 1.41 bits per heavy atom. The lowest BCUT2D eigenvalue weighted by Crippen LogP contribution is -2.26. The molecular weight excluding hydrogens is 222 g/mol. The van der Waals surface area contributed by atoms with Gasteiger partial charge in [-0.25, -0.2) is 4.79 Å². The molecule has 0 radical (unpaired) electrons. The highest BCUT2D eigenvalue weighted by Gasteiger charge is 2.12. The molecule has 92 valence electrons. The summed E-state index contributed by atoms with van der Waals surface area (Å²) in [4.78, 5) is 22.3. The summed E-state index contributed by atoms with van der Waals surface area (Å²) in [5, 5.41) is 15.3. The highest BCUT2D eigenvalue weighted by Crippen LogP contribution is 2.04. The van der Waals surface area contributed by atoms with Crippen LogP contribution in [0.4, 0.5) is 0 Å². The third kappa shape index (κ3) is 3.17. The number of amides is 1. The molecule has 0 saturated heterocycles. The molecule has 0 aromatic carbocycles. The zero-order valence-corrected chi connectivity index (χ0v) is 10.0. The number of rotatable bonds is 4. The van der Waals surface area contributed by atoms with Gasteiger partial charge >= 0.3 is 5.97 Å². The number of hydrogen-bond acceptors (Lipinski definition) is 3. The molecule has 2 N–H and O–H groups in total. The second-order valence-corrected chi connectivity index (χ2v) is 3.68. The van der Waals surface area contributed by atoms with Gasteiger partial charge in [-0.05, 0) is 19.9 Å². The predicted octanol–water partition coefficient (Wildman–Crippen LogP) is 0.457. The van der Waals surface area contributed by atoms with Crippen molar-refractivity contribution in [2.45, 2.75) is 20.4 Å². The summed E-state index contributed by atoms with van der Waals surface area (Å²) in [7, 11) is 1.77. The monoisotopic (exact) mass is 237 g/mol. The van der Waals surface area contributed by atoms with Gasteiger partial charge in [0.25, 0.3) is 0 Å². The molecule has 0 unspecified atom stereocenters. The fourth-order valence-electron chi connectivity index (χ4n) is 1.21. The first-order valence-corrected chi connectivity index (χ1v) is 5.09. The number of aliphatic carboxylic acids is 1. The molecule has 0 bridgehead atoms. The van der Waals surface area contributed by atoms with Crippen LogP contribution in [0.1, 0.15) is 19.5 Å². The van der Waals surface area contributed by atoms with Crippen LogP contribution in [0.5, 0.6) is 0 Å². The molecule has 1 amide bonds. The summed E-state index contributed by atoms with van der Waals surface area (Å²) in [6.45, 7) is 3.21. The number of carboxylic acid groups (broad SMARTS) is 1. The molecule has 0 aliphatic heterocycles. The van der Waals surface area contributed by atoms with E-state index in [1.54, 1.807) is 24.0 Å². The summed E-state index contributed by atoms with van der Waals surface area (Å²) >= 11 is 0. The lowest BCUT2D eigenvalue weighted by molar-refractivity contribution is -0.133. The van der Waals surface area contributed by atoms with Crippen molar-refractivity contribution in [2.24, 2.45) is 7.05 Å². The first-order valence-electron chi connectivity index (χ1n) is 5.09. The van der Waals surface area contributed by atoms with Crippen LogP contribution in [-0.2, 0) is 23.2 Å². The quantitative estimate of drug-likeness (QED) is 0.745. The van der Waals surface area contributed by atoms with Crippen LogP contribution in [0.2, 0.25) is 0 Å². The second-order valence-electron chi connectivity index (χ2n) is 3.68. The molecular formula is C11H15N3O3. The fourth-order valence-corrected chi connectivity index (χ4v) is 1.21. The third-order valence-electron chi connectivity index (χ3n) is 2.58. The Balaban J connectivity index is 2.65. The Morgan fingerprint density at radius 3 is 2.53 bits per heavy atom. The number of carbonyl (C=O) groups is 2. The Hall–Kier alpha value is -2.11. The van der Waals surface area contributed by atoms with Crippen molar-refractivity contribution in [3.8, 4) is 0 Å². The Kier molecular flexibility index (Phi) is 4.03. The molecule has 0 saturated carbocycles. The molecule has 6 nitrogen and oxygen atoms in total. The number of aromatic nitrogens is 2. The normalized spacial score (nSPS) is 11.9. The van der Waals surface area contributed by atoms with Gasteiger partial charge in [0.15, 0.2) is 0 Å². The lowest BCUT2D eigenvalue weighted by atomic mass is 10.1. The van der Waals surface area contributed by atoms with E-state index in [0.29, 0.717) is 6.54 Å². The van der Waals surface area contributed by atoms with Crippen molar-refractivity contribution in [1.29, 1.82) is 0 Å². The average Bonchev–Trinajstić information content (AvgIpc) is 2.69. The first-order chi connectivity index (χ1) is 7.93. The maximum Gasteiger partial charge on any atom is 0.331 e. The van der Waals surface area contributed by atoms with Gasteiger partial charge in [0, 0.05) is 24.4 Å². The van der Waals surface area contributed by atoms with E-state index in [4.69, 9.17) is 5.11 Å². The second kappa shape index (κ2) is 5.29. The number of nitrogens with one attached hydrogen (secondary N) is 1. The van der Waals surface area contributed by atoms with Crippen molar-refractivity contribution < 1.29 is 14.7 Å². The lowest BCUT2D eigenvalue weighted by Gasteiger charge is -2.07. The molecule has 0 aliphatic rings. The molecule has 0 spiro atoms. The average molecular weight is 237 g/mol. The molecule has 1 heterocycles. The SMILES string of the molecule is C/C(C(=O)O)=C(\C)C(=O)NCc1ccnn1C. The molecule has 17 heavy (non-hydrogen) atoms. The van der Waals surface area contributed by atoms with Crippen LogP contribution in [0.15, 0.2) is 23.4 Å². The van der Waals surface area contributed by atoms with Gasteiger partial charge in [-0.1, -0.05) is 0 Å². The number of aryl methyl sites for hydroxylation is 1. The number of nitrogens with zero attached hydrogens (tertiary/aromatic N) is 2. The zero-order chi connectivity index (χ0) is 13.0. The molecule has 0 fully saturated rings. The topological polar surface area (TPSA) is 84.2 Å². The van der Waals surface area contributed by atoms with E-state index < -0.39 is 5.97 Å². The van der Waals surface area contributed by atoms with Crippen molar-refractivity contribution in [3.63, 3.8) is 0 Å². The molecule has 1 aromatic heterocycles. The van der Waals surface area contributed by atoms with Crippen molar-refractivity contribution >= 4 is 11.9 Å². The summed E-state index contributed by atoms with van der Waals surface area (Å²) < 4.78 is 1.64. The van der Waals surface area contributed by atoms with Crippen LogP contribution in [-0.4, -0.2) is 26.8 Å². The summed E-state index contributed by atoms with van der Waals surface area (Å²) in [6.07, 6.45) is 1.63. The van der Waals surface area contributed by atoms with Crippen LogP contribution in [0, 0.1) is 0 Å². The highest BCUT2D eigenvalue weighted by atomic mass is 16.4. The zero-order valence-electron chi connectivity index (χ0n) is 10.0. The maximum absolute atomic E-state index is 11.6. The molecule has 0 aliphatic carbocycles. The minimum atomic E-state index is -1.09. The van der Waals surface area contributed by atoms with Crippen molar-refractivity contribution in [3.05, 3.63) is 29.1 Å². The van der Waals surface area contributed by atoms with E-state index in [9.17, 15) is 9.59 Å². The van der Waals surface area contributed by atoms with Crippen molar-refractivity contribution in [2.75, 3.05) is 0 Å². The van der Waals surface area contributed by atoms with E-state index in [-0.39, 0.29) is 17.1 Å². The van der Waals surface area contributed by atoms with Gasteiger partial charge in [-0.15, -0.1) is 0 Å². The molecule has 0 atom stereocenters. The Labute approximate surface area is 98.9 Å². The Bertz CT molecular complexity index is 474. The molecule has 6 heteroatoms.